The normalized spacial score (nSPS) is 15.1. The summed E-state index contributed by atoms with van der Waals surface area (Å²) in [4.78, 5) is 22.1. The highest BCUT2D eigenvalue weighted by Gasteiger charge is 2.21. The maximum absolute atomic E-state index is 11.3. The van der Waals surface area contributed by atoms with Crippen molar-refractivity contribution in [1.82, 2.24) is 0 Å². The second-order valence-corrected chi connectivity index (χ2v) is 5.71. The zero-order valence-corrected chi connectivity index (χ0v) is 11.5. The number of thioether (sulfide) groups is 1. The largest absolute Gasteiger partial charge is 0.285 e. The Bertz CT molecular complexity index is 177. The molecule has 0 aliphatic rings. The predicted molar refractivity (Wildman–Crippen MR) is 63.6 cm³/mol. The lowest BCUT2D eigenvalue weighted by Crippen LogP contribution is -2.16. The van der Waals surface area contributed by atoms with E-state index in [1.54, 1.807) is 0 Å². The van der Waals surface area contributed by atoms with Crippen LogP contribution in [-0.4, -0.2) is 19.9 Å². The van der Waals surface area contributed by atoms with Crippen LogP contribution in [0.25, 0.3) is 0 Å². The fourth-order valence-electron chi connectivity index (χ4n) is 0.560. The van der Waals surface area contributed by atoms with Gasteiger partial charge in [0.15, 0.2) is 0 Å². The van der Waals surface area contributed by atoms with E-state index >= 15 is 0 Å². The van der Waals surface area contributed by atoms with Crippen LogP contribution in [0.5, 0.6) is 0 Å². The average Bonchev–Trinajstić information content (AvgIpc) is 2.14. The molecule has 0 fully saturated rings. The van der Waals surface area contributed by atoms with E-state index in [2.05, 4.69) is 31.9 Å². The van der Waals surface area contributed by atoms with Crippen LogP contribution < -0.4 is 0 Å². The Morgan fingerprint density at radius 3 is 1.62 bits per heavy atom. The number of rotatable bonds is 4. The number of hydrogen-bond acceptors (Lipinski definition) is 3. The van der Waals surface area contributed by atoms with Gasteiger partial charge in [0, 0.05) is 0 Å². The lowest BCUT2D eigenvalue weighted by molar-refractivity contribution is -0.112. The summed E-state index contributed by atoms with van der Waals surface area (Å²) in [5.74, 6) is 0. The Morgan fingerprint density at radius 2 is 1.38 bits per heavy atom. The molecule has 76 valence electrons. The summed E-state index contributed by atoms with van der Waals surface area (Å²) in [6, 6.07) is 0. The SMILES string of the molecule is CCC(Br)C(=O)SC(=O)C(Br)CC. The summed E-state index contributed by atoms with van der Waals surface area (Å²) >= 11 is 7.20. The molecule has 0 spiro atoms. The average molecular weight is 332 g/mol. The first kappa shape index (κ1) is 13.7. The van der Waals surface area contributed by atoms with E-state index in [4.69, 9.17) is 0 Å². The number of hydrogen-bond donors (Lipinski definition) is 0. The Kier molecular flexibility index (Phi) is 7.36. The zero-order valence-electron chi connectivity index (χ0n) is 7.55. The fraction of sp³-hybridized carbons (Fsp3) is 0.750. The summed E-state index contributed by atoms with van der Waals surface area (Å²) in [6.07, 6.45) is 1.41. The standard InChI is InChI=1S/C8H12Br2O2S/c1-3-5(9)7(11)13-8(12)6(10)4-2/h5-6H,3-4H2,1-2H3. The number of carbonyl (C=O) groups excluding carboxylic acids is 2. The molecule has 0 N–H and O–H groups in total. The zero-order chi connectivity index (χ0) is 10.4. The second-order valence-electron chi connectivity index (χ2n) is 2.49. The second kappa shape index (κ2) is 7.01. The lowest BCUT2D eigenvalue weighted by atomic mass is 10.4. The Hall–Kier alpha value is 0.650. The van der Waals surface area contributed by atoms with E-state index in [-0.39, 0.29) is 19.9 Å². The topological polar surface area (TPSA) is 34.1 Å². The molecule has 0 bridgehead atoms. The highest BCUT2D eigenvalue weighted by molar-refractivity contribution is 9.10. The van der Waals surface area contributed by atoms with Gasteiger partial charge in [-0.25, -0.2) is 0 Å². The lowest BCUT2D eigenvalue weighted by Gasteiger charge is -2.06. The first-order chi connectivity index (χ1) is 6.02. The van der Waals surface area contributed by atoms with Gasteiger partial charge in [-0.15, -0.1) is 0 Å². The predicted octanol–water partition coefficient (Wildman–Crippen LogP) is 3.12. The van der Waals surface area contributed by atoms with E-state index < -0.39 is 0 Å². The molecular weight excluding hydrogens is 320 g/mol. The Balaban J connectivity index is 3.99. The third-order valence-electron chi connectivity index (χ3n) is 1.43. The third kappa shape index (κ3) is 5.18. The smallest absolute Gasteiger partial charge is 0.210 e. The minimum Gasteiger partial charge on any atom is -0.285 e. The Labute approximate surface area is 99.5 Å². The van der Waals surface area contributed by atoms with Gasteiger partial charge in [-0.2, -0.15) is 0 Å². The van der Waals surface area contributed by atoms with Crippen molar-refractivity contribution in [2.75, 3.05) is 0 Å². The molecule has 0 saturated heterocycles. The van der Waals surface area contributed by atoms with Crippen LogP contribution in [-0.2, 0) is 9.59 Å². The highest BCUT2D eigenvalue weighted by Crippen LogP contribution is 2.21. The van der Waals surface area contributed by atoms with Crippen molar-refractivity contribution < 1.29 is 9.59 Å². The van der Waals surface area contributed by atoms with Gasteiger partial charge in [0.05, 0.1) is 9.65 Å². The number of carbonyl (C=O) groups is 2. The van der Waals surface area contributed by atoms with Crippen molar-refractivity contribution in [2.24, 2.45) is 0 Å². The molecular formula is C8H12Br2O2S. The van der Waals surface area contributed by atoms with Crippen LogP contribution in [0.15, 0.2) is 0 Å². The molecule has 13 heavy (non-hydrogen) atoms. The monoisotopic (exact) mass is 330 g/mol. The molecule has 0 saturated carbocycles. The first-order valence-corrected chi connectivity index (χ1v) is 6.71. The van der Waals surface area contributed by atoms with E-state index in [0.29, 0.717) is 12.8 Å². The highest BCUT2D eigenvalue weighted by atomic mass is 79.9. The van der Waals surface area contributed by atoms with E-state index in [9.17, 15) is 9.59 Å². The van der Waals surface area contributed by atoms with Crippen LogP contribution in [0.1, 0.15) is 26.7 Å². The molecule has 0 radical (unpaired) electrons. The molecule has 0 rings (SSSR count). The molecule has 0 amide bonds. The minimum absolute atomic E-state index is 0.106. The van der Waals surface area contributed by atoms with Crippen molar-refractivity contribution in [1.29, 1.82) is 0 Å². The molecule has 0 aliphatic heterocycles. The van der Waals surface area contributed by atoms with Crippen LogP contribution in [0.2, 0.25) is 0 Å². The summed E-state index contributed by atoms with van der Waals surface area (Å²) < 4.78 is 0. The van der Waals surface area contributed by atoms with Gasteiger partial charge >= 0.3 is 0 Å². The molecule has 2 unspecified atom stereocenters. The summed E-state index contributed by atoms with van der Waals surface area (Å²) in [5, 5.41) is -0.212. The fourth-order valence-corrected chi connectivity index (χ4v) is 1.91. The Morgan fingerprint density at radius 1 is 1.08 bits per heavy atom. The first-order valence-electron chi connectivity index (χ1n) is 4.06. The van der Waals surface area contributed by atoms with Crippen molar-refractivity contribution in [2.45, 2.75) is 36.3 Å². The quantitative estimate of drug-likeness (QED) is 0.742. The molecule has 0 heterocycles. The third-order valence-corrected chi connectivity index (χ3v) is 5.13. The molecule has 2 atom stereocenters. The van der Waals surface area contributed by atoms with Crippen LogP contribution >= 0.6 is 43.6 Å². The van der Waals surface area contributed by atoms with E-state index in [1.807, 2.05) is 13.8 Å². The van der Waals surface area contributed by atoms with Crippen molar-refractivity contribution >= 4 is 53.9 Å². The van der Waals surface area contributed by atoms with Crippen molar-refractivity contribution in [3.63, 3.8) is 0 Å². The van der Waals surface area contributed by atoms with Gasteiger partial charge < -0.3 is 0 Å². The van der Waals surface area contributed by atoms with Crippen LogP contribution in [0.4, 0.5) is 0 Å². The molecule has 5 heteroatoms. The van der Waals surface area contributed by atoms with Gasteiger partial charge in [0.1, 0.15) is 0 Å². The van der Waals surface area contributed by atoms with Gasteiger partial charge in [0.25, 0.3) is 0 Å². The minimum atomic E-state index is -0.210. The van der Waals surface area contributed by atoms with Gasteiger partial charge in [0.2, 0.25) is 10.2 Å². The number of alkyl halides is 2. The van der Waals surface area contributed by atoms with Gasteiger partial charge in [-0.05, 0) is 24.6 Å². The molecule has 0 aromatic rings. The number of halogens is 2. The maximum Gasteiger partial charge on any atom is 0.210 e. The molecule has 0 aromatic heterocycles. The summed E-state index contributed by atoms with van der Waals surface area (Å²) in [7, 11) is 0. The van der Waals surface area contributed by atoms with Crippen LogP contribution in [0.3, 0.4) is 0 Å². The summed E-state index contributed by atoms with van der Waals surface area (Å²) in [6.45, 7) is 3.79. The van der Waals surface area contributed by atoms with E-state index in [0.717, 1.165) is 11.8 Å². The van der Waals surface area contributed by atoms with E-state index in [1.165, 1.54) is 0 Å². The molecule has 0 aliphatic carbocycles. The molecule has 0 aromatic carbocycles. The molecule has 2 nitrogen and oxygen atoms in total. The van der Waals surface area contributed by atoms with Gasteiger partial charge in [-0.1, -0.05) is 45.7 Å². The summed E-state index contributed by atoms with van der Waals surface area (Å²) in [5.41, 5.74) is 0. The van der Waals surface area contributed by atoms with Crippen molar-refractivity contribution in [3.8, 4) is 0 Å². The van der Waals surface area contributed by atoms with Crippen LogP contribution in [0, 0.1) is 0 Å². The maximum atomic E-state index is 11.3. The van der Waals surface area contributed by atoms with Crippen molar-refractivity contribution in [3.05, 3.63) is 0 Å². The van der Waals surface area contributed by atoms with Gasteiger partial charge in [-0.3, -0.25) is 9.59 Å².